The van der Waals surface area contributed by atoms with Gasteiger partial charge in [0.05, 0.1) is 0 Å². The normalized spacial score (nSPS) is 13.0. The summed E-state index contributed by atoms with van der Waals surface area (Å²) in [6.45, 7) is 4.26. The Hall–Kier alpha value is -1.32. The topological polar surface area (TPSA) is 66.9 Å². The molecule has 0 radical (unpaired) electrons. The highest BCUT2D eigenvalue weighted by Gasteiger charge is 2.26. The third-order valence-corrected chi connectivity index (χ3v) is 0.402. The maximum absolute atomic E-state index is 9.56. The number of hydrogen-bond donors (Lipinski definition) is 1. The molecular formula is C5H6O4. The van der Waals surface area contributed by atoms with Crippen molar-refractivity contribution in [3.05, 3.63) is 12.3 Å². The maximum Gasteiger partial charge on any atom is 0.379 e. The highest BCUT2D eigenvalue weighted by Crippen LogP contribution is 2.11. The van der Waals surface area contributed by atoms with E-state index < -0.39 is 5.97 Å². The van der Waals surface area contributed by atoms with Gasteiger partial charge < -0.3 is 9.84 Å². The van der Waals surface area contributed by atoms with E-state index in [1.54, 1.807) is 0 Å². The van der Waals surface area contributed by atoms with Gasteiger partial charge >= 0.3 is 5.97 Å². The smallest absolute Gasteiger partial charge is 0.379 e. The summed E-state index contributed by atoms with van der Waals surface area (Å²) >= 11 is 0. The fraction of sp³-hybridized carbons (Fsp3) is 0.200. The molecule has 0 aromatic carbocycles. The Morgan fingerprint density at radius 2 is 1.89 bits per heavy atom. The van der Waals surface area contributed by atoms with Crippen molar-refractivity contribution in [2.24, 2.45) is 0 Å². The molecule has 0 bridgehead atoms. The first-order valence-electron chi connectivity index (χ1n) is 2.14. The summed E-state index contributed by atoms with van der Waals surface area (Å²) in [6.07, 6.45) is 0. The zero-order valence-electron chi connectivity index (χ0n) is 4.88. The van der Waals surface area contributed by atoms with E-state index in [-0.39, 0.29) is 11.7 Å². The molecular weight excluding hydrogens is 124 g/mol. The van der Waals surface area contributed by atoms with Gasteiger partial charge in [-0.1, -0.05) is 0 Å². The lowest BCUT2D eigenvalue weighted by Crippen LogP contribution is -1.78. The minimum atomic E-state index is -0.833. The van der Waals surface area contributed by atoms with Crippen LogP contribution in [0.3, 0.4) is 0 Å². The van der Waals surface area contributed by atoms with Crippen molar-refractivity contribution in [3.63, 3.8) is 0 Å². The Morgan fingerprint density at radius 1 is 1.78 bits per heavy atom. The van der Waals surface area contributed by atoms with E-state index in [2.05, 4.69) is 11.3 Å². The van der Waals surface area contributed by atoms with Gasteiger partial charge in [0.25, 0.3) is 5.97 Å². The molecule has 0 unspecified atom stereocenters. The molecule has 9 heavy (non-hydrogen) atoms. The van der Waals surface area contributed by atoms with Gasteiger partial charge in [-0.05, 0) is 6.58 Å². The van der Waals surface area contributed by atoms with E-state index in [4.69, 9.17) is 9.90 Å². The van der Waals surface area contributed by atoms with Crippen LogP contribution in [0.15, 0.2) is 12.3 Å². The second kappa shape index (κ2) is 2.86. The van der Waals surface area contributed by atoms with E-state index in [1.807, 2.05) is 0 Å². The number of aliphatic carboxylic acids is 1. The van der Waals surface area contributed by atoms with Gasteiger partial charge in [-0.25, -0.2) is 4.79 Å². The lowest BCUT2D eigenvalue weighted by atomic mass is 10.8. The van der Waals surface area contributed by atoms with Crippen molar-refractivity contribution in [3.8, 4) is 0 Å². The summed E-state index contributed by atoms with van der Waals surface area (Å²) in [5.74, 6) is -0.824. The van der Waals surface area contributed by atoms with Gasteiger partial charge in [-0.3, -0.25) is 4.79 Å². The number of rotatable bonds is 0. The molecule has 1 aliphatic rings. The number of hydrogen-bond acceptors (Lipinski definition) is 3. The van der Waals surface area contributed by atoms with E-state index in [9.17, 15) is 4.79 Å². The van der Waals surface area contributed by atoms with Crippen LogP contribution in [-0.2, 0) is 14.3 Å². The monoisotopic (exact) mass is 130 g/mol. The van der Waals surface area contributed by atoms with Crippen molar-refractivity contribution < 1.29 is 19.4 Å². The van der Waals surface area contributed by atoms with E-state index >= 15 is 0 Å². The van der Waals surface area contributed by atoms with Gasteiger partial charge in [0.15, 0.2) is 0 Å². The Balaban J connectivity index is 0.000000148. The van der Waals surface area contributed by atoms with E-state index in [0.717, 1.165) is 6.92 Å². The SMILES string of the molecule is C=C1OC1=O.CC(=O)O. The number of carboxylic acids is 1. The van der Waals surface area contributed by atoms with Crippen LogP contribution >= 0.6 is 0 Å². The van der Waals surface area contributed by atoms with Crippen LogP contribution in [0.5, 0.6) is 0 Å². The third kappa shape index (κ3) is 6.68. The zero-order valence-corrected chi connectivity index (χ0v) is 4.88. The summed E-state index contributed by atoms with van der Waals surface area (Å²) in [7, 11) is 0. The molecule has 1 fully saturated rings. The molecule has 0 spiro atoms. The largest absolute Gasteiger partial charge is 0.481 e. The van der Waals surface area contributed by atoms with Crippen LogP contribution in [-0.4, -0.2) is 17.0 Å². The van der Waals surface area contributed by atoms with Crippen molar-refractivity contribution in [2.75, 3.05) is 0 Å². The molecule has 4 heteroatoms. The zero-order chi connectivity index (χ0) is 7.44. The van der Waals surface area contributed by atoms with Gasteiger partial charge in [0.1, 0.15) is 0 Å². The quantitative estimate of drug-likeness (QED) is 0.374. The summed E-state index contributed by atoms with van der Waals surface area (Å²) in [6, 6.07) is 0. The summed E-state index contributed by atoms with van der Waals surface area (Å²) < 4.78 is 4.08. The second-order valence-electron chi connectivity index (χ2n) is 1.33. The Bertz CT molecular complexity index is 142. The molecule has 0 aromatic rings. The van der Waals surface area contributed by atoms with Crippen molar-refractivity contribution in [2.45, 2.75) is 6.92 Å². The molecule has 1 N–H and O–H groups in total. The Kier molecular flexibility index (Phi) is 2.44. The average molecular weight is 130 g/mol. The van der Waals surface area contributed by atoms with Crippen molar-refractivity contribution in [1.29, 1.82) is 0 Å². The molecule has 50 valence electrons. The molecule has 1 aliphatic heterocycles. The van der Waals surface area contributed by atoms with E-state index in [0.29, 0.717) is 0 Å². The van der Waals surface area contributed by atoms with Crippen LogP contribution in [0.25, 0.3) is 0 Å². The van der Waals surface area contributed by atoms with Gasteiger partial charge in [0, 0.05) is 6.92 Å². The fourth-order valence-corrected chi connectivity index (χ4v) is 0.0864. The lowest BCUT2D eigenvalue weighted by molar-refractivity contribution is -0.134. The number of carbonyl (C=O) groups is 2. The molecule has 0 amide bonds. The molecule has 0 saturated carbocycles. The van der Waals surface area contributed by atoms with Gasteiger partial charge in [0.2, 0.25) is 5.76 Å². The van der Waals surface area contributed by atoms with Crippen LogP contribution in [0.2, 0.25) is 0 Å². The molecule has 0 aromatic heterocycles. The number of carboxylic acid groups (broad SMARTS) is 1. The van der Waals surface area contributed by atoms with Gasteiger partial charge in [-0.15, -0.1) is 0 Å². The second-order valence-corrected chi connectivity index (χ2v) is 1.33. The summed E-state index contributed by atoms with van der Waals surface area (Å²) in [5.41, 5.74) is 0. The summed E-state index contributed by atoms with van der Waals surface area (Å²) in [5, 5.41) is 7.42. The fourth-order valence-electron chi connectivity index (χ4n) is 0.0864. The molecule has 0 aliphatic carbocycles. The predicted molar refractivity (Wildman–Crippen MR) is 28.5 cm³/mol. The minimum Gasteiger partial charge on any atom is -0.481 e. The first-order chi connectivity index (χ1) is 4.04. The number of cyclic esters (lactones) is 1. The first kappa shape index (κ1) is 7.68. The third-order valence-electron chi connectivity index (χ3n) is 0.402. The van der Waals surface area contributed by atoms with Crippen LogP contribution < -0.4 is 0 Å². The number of epoxide rings is 1. The summed E-state index contributed by atoms with van der Waals surface area (Å²) in [4.78, 5) is 18.6. The van der Waals surface area contributed by atoms with Gasteiger partial charge in [-0.2, -0.15) is 0 Å². The molecule has 1 rings (SSSR count). The van der Waals surface area contributed by atoms with E-state index in [1.165, 1.54) is 0 Å². The predicted octanol–water partition coefficient (Wildman–Crippen LogP) is 0.148. The average Bonchev–Trinajstić information content (AvgIpc) is 2.16. The van der Waals surface area contributed by atoms with Crippen LogP contribution in [0.4, 0.5) is 0 Å². The highest BCUT2D eigenvalue weighted by atomic mass is 16.6. The molecule has 0 atom stereocenters. The number of carbonyl (C=O) groups excluding carboxylic acids is 1. The Labute approximate surface area is 51.7 Å². The standard InChI is InChI=1S/C3H2O2.C2H4O2/c1-2-3(4)5-2;1-2(3)4/h1H2;1H3,(H,3,4). The minimum absolute atomic E-state index is 0.273. The van der Waals surface area contributed by atoms with Crippen LogP contribution in [0.1, 0.15) is 6.92 Å². The molecule has 1 heterocycles. The maximum atomic E-state index is 9.56. The first-order valence-corrected chi connectivity index (χ1v) is 2.14. The molecule has 1 saturated heterocycles. The number of ether oxygens (including phenoxy) is 1. The Morgan fingerprint density at radius 3 is 1.89 bits per heavy atom. The molecule has 4 nitrogen and oxygen atoms in total. The highest BCUT2D eigenvalue weighted by molar-refractivity contribution is 5.99. The van der Waals surface area contributed by atoms with Crippen molar-refractivity contribution in [1.82, 2.24) is 0 Å². The van der Waals surface area contributed by atoms with Crippen molar-refractivity contribution >= 4 is 11.9 Å². The van der Waals surface area contributed by atoms with Crippen LogP contribution in [0, 0.1) is 0 Å². The lowest BCUT2D eigenvalue weighted by Gasteiger charge is -1.59.